The van der Waals surface area contributed by atoms with Crippen LogP contribution >= 0.6 is 0 Å². The Morgan fingerprint density at radius 3 is 2.71 bits per heavy atom. The summed E-state index contributed by atoms with van der Waals surface area (Å²) < 4.78 is 51.4. The van der Waals surface area contributed by atoms with E-state index in [2.05, 4.69) is 10.6 Å². The summed E-state index contributed by atoms with van der Waals surface area (Å²) in [6.07, 6.45) is -3.15. The minimum Gasteiger partial charge on any atom is -0.323 e. The second kappa shape index (κ2) is 6.01. The monoisotopic (exact) mass is 304 g/mol. The summed E-state index contributed by atoms with van der Waals surface area (Å²) in [5.74, 6) is -1.73. The lowest BCUT2D eigenvalue weighted by molar-refractivity contribution is -0.137. The number of carbonyl (C=O) groups is 1. The molecule has 1 aromatic carbocycles. The summed E-state index contributed by atoms with van der Waals surface area (Å²) in [6, 6.07) is 1.89. The van der Waals surface area contributed by atoms with Crippen LogP contribution in [0, 0.1) is 11.7 Å². The van der Waals surface area contributed by atoms with Gasteiger partial charge in [0, 0.05) is 6.04 Å². The molecule has 7 heteroatoms. The Labute approximate surface area is 119 Å². The van der Waals surface area contributed by atoms with E-state index < -0.39 is 29.2 Å². The Morgan fingerprint density at radius 1 is 1.38 bits per heavy atom. The summed E-state index contributed by atoms with van der Waals surface area (Å²) >= 11 is 0. The molecule has 21 heavy (non-hydrogen) atoms. The first-order chi connectivity index (χ1) is 9.79. The van der Waals surface area contributed by atoms with Gasteiger partial charge in [-0.2, -0.15) is 13.2 Å². The van der Waals surface area contributed by atoms with Gasteiger partial charge in [0.15, 0.2) is 0 Å². The van der Waals surface area contributed by atoms with Crippen molar-refractivity contribution in [2.45, 2.75) is 32.0 Å². The lowest BCUT2D eigenvalue weighted by Gasteiger charge is -2.29. The third-order valence-electron chi connectivity index (χ3n) is 3.65. The van der Waals surface area contributed by atoms with Gasteiger partial charge in [0.2, 0.25) is 5.91 Å². The van der Waals surface area contributed by atoms with Gasteiger partial charge >= 0.3 is 6.18 Å². The Morgan fingerprint density at radius 2 is 2.10 bits per heavy atom. The molecular weight excluding hydrogens is 288 g/mol. The van der Waals surface area contributed by atoms with E-state index in [-0.39, 0.29) is 12.0 Å². The molecule has 1 aliphatic rings. The van der Waals surface area contributed by atoms with Crippen LogP contribution in [0.25, 0.3) is 0 Å². The maximum atomic E-state index is 13.6. The molecule has 1 aromatic rings. The highest BCUT2D eigenvalue weighted by atomic mass is 19.4. The summed E-state index contributed by atoms with van der Waals surface area (Å²) in [7, 11) is 0. The lowest BCUT2D eigenvalue weighted by atomic mass is 9.91. The fraction of sp³-hybridized carbons (Fsp3) is 0.500. The number of rotatable bonds is 2. The SMILES string of the molecule is CC1NCCCC1C(=O)Nc1cc(C(F)(F)F)ccc1F. The number of amides is 1. The zero-order chi connectivity index (χ0) is 15.6. The van der Waals surface area contributed by atoms with Crippen LogP contribution < -0.4 is 10.6 Å². The molecule has 2 unspecified atom stereocenters. The molecule has 2 rings (SSSR count). The molecule has 0 spiro atoms. The van der Waals surface area contributed by atoms with Gasteiger partial charge in [-0.1, -0.05) is 0 Å². The first-order valence-electron chi connectivity index (χ1n) is 6.70. The zero-order valence-electron chi connectivity index (χ0n) is 11.4. The predicted molar refractivity (Wildman–Crippen MR) is 70.2 cm³/mol. The average molecular weight is 304 g/mol. The average Bonchev–Trinajstić information content (AvgIpc) is 2.40. The summed E-state index contributed by atoms with van der Waals surface area (Å²) in [4.78, 5) is 12.1. The van der Waals surface area contributed by atoms with E-state index >= 15 is 0 Å². The van der Waals surface area contributed by atoms with Crippen LogP contribution in [0.3, 0.4) is 0 Å². The van der Waals surface area contributed by atoms with E-state index in [1.54, 1.807) is 0 Å². The van der Waals surface area contributed by atoms with Crippen LogP contribution in [0.4, 0.5) is 23.2 Å². The van der Waals surface area contributed by atoms with Gasteiger partial charge in [-0.25, -0.2) is 4.39 Å². The van der Waals surface area contributed by atoms with Crippen molar-refractivity contribution < 1.29 is 22.4 Å². The largest absolute Gasteiger partial charge is 0.416 e. The van der Waals surface area contributed by atoms with E-state index in [9.17, 15) is 22.4 Å². The van der Waals surface area contributed by atoms with Gasteiger partial charge in [0.25, 0.3) is 0 Å². The first kappa shape index (κ1) is 15.8. The molecule has 3 nitrogen and oxygen atoms in total. The van der Waals surface area contributed by atoms with Gasteiger partial charge in [-0.3, -0.25) is 4.79 Å². The number of nitrogens with one attached hydrogen (secondary N) is 2. The van der Waals surface area contributed by atoms with E-state index in [1.165, 1.54) is 0 Å². The van der Waals surface area contributed by atoms with Gasteiger partial charge in [-0.15, -0.1) is 0 Å². The molecule has 116 valence electrons. The number of benzene rings is 1. The molecule has 0 bridgehead atoms. The molecule has 1 aliphatic heterocycles. The number of halogens is 4. The van der Waals surface area contributed by atoms with Crippen LogP contribution in [0.1, 0.15) is 25.3 Å². The highest BCUT2D eigenvalue weighted by Crippen LogP contribution is 2.32. The highest BCUT2D eigenvalue weighted by Gasteiger charge is 2.32. The Bertz CT molecular complexity index is 530. The summed E-state index contributed by atoms with van der Waals surface area (Å²) in [5, 5.41) is 5.38. The van der Waals surface area contributed by atoms with E-state index in [0.29, 0.717) is 24.6 Å². The van der Waals surface area contributed by atoms with Crippen LogP contribution in [-0.4, -0.2) is 18.5 Å². The van der Waals surface area contributed by atoms with Crippen molar-refractivity contribution in [1.82, 2.24) is 5.32 Å². The van der Waals surface area contributed by atoms with E-state index in [1.807, 2.05) is 6.92 Å². The molecular formula is C14H16F4N2O. The van der Waals surface area contributed by atoms with Gasteiger partial charge < -0.3 is 10.6 Å². The van der Waals surface area contributed by atoms with Crippen LogP contribution in [-0.2, 0) is 11.0 Å². The third kappa shape index (κ3) is 3.72. The minimum absolute atomic E-state index is 0.0902. The second-order valence-electron chi connectivity index (χ2n) is 5.17. The maximum absolute atomic E-state index is 13.6. The number of piperidine rings is 1. The Kier molecular flexibility index (Phi) is 4.51. The van der Waals surface area contributed by atoms with Crippen molar-refractivity contribution in [3.8, 4) is 0 Å². The quantitative estimate of drug-likeness (QED) is 0.824. The third-order valence-corrected chi connectivity index (χ3v) is 3.65. The van der Waals surface area contributed by atoms with Crippen molar-refractivity contribution >= 4 is 11.6 Å². The van der Waals surface area contributed by atoms with Crippen molar-refractivity contribution in [2.24, 2.45) is 5.92 Å². The molecule has 1 fully saturated rings. The normalized spacial score (nSPS) is 22.9. The second-order valence-corrected chi connectivity index (χ2v) is 5.17. The van der Waals surface area contributed by atoms with Gasteiger partial charge in [0.1, 0.15) is 5.82 Å². The molecule has 0 radical (unpaired) electrons. The summed E-state index contributed by atoms with van der Waals surface area (Å²) in [6.45, 7) is 2.62. The number of anilines is 1. The number of hydrogen-bond donors (Lipinski definition) is 2. The number of alkyl halides is 3. The van der Waals surface area contributed by atoms with Crippen molar-refractivity contribution in [3.05, 3.63) is 29.6 Å². The predicted octanol–water partition coefficient (Wildman–Crippen LogP) is 3.17. The van der Waals surface area contributed by atoms with E-state index in [4.69, 9.17) is 0 Å². The Balaban J connectivity index is 2.16. The van der Waals surface area contributed by atoms with Crippen molar-refractivity contribution in [1.29, 1.82) is 0 Å². The Hall–Kier alpha value is -1.63. The van der Waals surface area contributed by atoms with Crippen molar-refractivity contribution in [2.75, 3.05) is 11.9 Å². The lowest BCUT2D eigenvalue weighted by Crippen LogP contribution is -2.44. The van der Waals surface area contributed by atoms with E-state index in [0.717, 1.165) is 13.0 Å². The van der Waals surface area contributed by atoms with Crippen LogP contribution in [0.15, 0.2) is 18.2 Å². The van der Waals surface area contributed by atoms with Crippen LogP contribution in [0.5, 0.6) is 0 Å². The molecule has 0 saturated carbocycles. The number of carbonyl (C=O) groups excluding carboxylic acids is 1. The maximum Gasteiger partial charge on any atom is 0.416 e. The first-order valence-corrected chi connectivity index (χ1v) is 6.70. The fourth-order valence-corrected chi connectivity index (χ4v) is 2.42. The molecule has 1 amide bonds. The van der Waals surface area contributed by atoms with Gasteiger partial charge in [-0.05, 0) is 44.5 Å². The van der Waals surface area contributed by atoms with Crippen molar-refractivity contribution in [3.63, 3.8) is 0 Å². The topological polar surface area (TPSA) is 41.1 Å². The summed E-state index contributed by atoms with van der Waals surface area (Å²) in [5.41, 5.74) is -1.43. The van der Waals surface area contributed by atoms with Gasteiger partial charge in [0.05, 0.1) is 17.2 Å². The smallest absolute Gasteiger partial charge is 0.323 e. The molecule has 0 aromatic heterocycles. The molecule has 0 aliphatic carbocycles. The molecule has 2 N–H and O–H groups in total. The fourth-order valence-electron chi connectivity index (χ4n) is 2.42. The zero-order valence-corrected chi connectivity index (χ0v) is 11.4. The molecule has 1 saturated heterocycles. The number of hydrogen-bond acceptors (Lipinski definition) is 2. The molecule has 1 heterocycles. The van der Waals surface area contributed by atoms with Crippen LogP contribution in [0.2, 0.25) is 0 Å². The minimum atomic E-state index is -4.58. The standard InChI is InChI=1S/C14H16F4N2O/c1-8-10(3-2-6-19-8)13(21)20-12-7-9(14(16,17)18)4-5-11(12)15/h4-5,7-8,10,19H,2-3,6H2,1H3,(H,20,21). The highest BCUT2D eigenvalue weighted by molar-refractivity contribution is 5.93. The molecule has 2 atom stereocenters.